The summed E-state index contributed by atoms with van der Waals surface area (Å²) in [7, 11) is 0. The van der Waals surface area contributed by atoms with Gasteiger partial charge in [0, 0.05) is 0 Å². The lowest BCUT2D eigenvalue weighted by atomic mass is 9.86. The SMILES string of the molecule is C=C(CC/C(I)=C\C)C1CC=CCC1. The van der Waals surface area contributed by atoms with Crippen molar-refractivity contribution in [2.24, 2.45) is 5.92 Å². The van der Waals surface area contributed by atoms with Gasteiger partial charge in [0.15, 0.2) is 0 Å². The first-order valence-electron chi connectivity index (χ1n) is 5.37. The number of halogens is 1. The van der Waals surface area contributed by atoms with E-state index in [9.17, 15) is 0 Å². The van der Waals surface area contributed by atoms with Crippen LogP contribution < -0.4 is 0 Å². The Morgan fingerprint density at radius 2 is 2.29 bits per heavy atom. The largest absolute Gasteiger partial charge is 0.0996 e. The van der Waals surface area contributed by atoms with Crippen LogP contribution in [-0.2, 0) is 0 Å². The van der Waals surface area contributed by atoms with Crippen molar-refractivity contribution in [2.75, 3.05) is 0 Å². The molecular formula is C13H19I. The summed E-state index contributed by atoms with van der Waals surface area (Å²) in [6.45, 7) is 6.33. The third-order valence-corrected chi connectivity index (χ3v) is 4.01. The van der Waals surface area contributed by atoms with Gasteiger partial charge in [0.25, 0.3) is 0 Å². The monoisotopic (exact) mass is 302 g/mol. The van der Waals surface area contributed by atoms with Crippen LogP contribution in [0.3, 0.4) is 0 Å². The molecule has 1 unspecified atom stereocenters. The van der Waals surface area contributed by atoms with Crippen LogP contribution in [0.2, 0.25) is 0 Å². The molecule has 0 aliphatic heterocycles. The van der Waals surface area contributed by atoms with Crippen molar-refractivity contribution in [3.63, 3.8) is 0 Å². The molecule has 1 aliphatic rings. The van der Waals surface area contributed by atoms with Gasteiger partial charge in [-0.1, -0.05) is 30.4 Å². The molecule has 0 N–H and O–H groups in total. The Morgan fingerprint density at radius 1 is 1.50 bits per heavy atom. The summed E-state index contributed by atoms with van der Waals surface area (Å²) in [5.74, 6) is 0.751. The summed E-state index contributed by atoms with van der Waals surface area (Å²) in [5.41, 5.74) is 1.45. The molecule has 1 atom stereocenters. The Morgan fingerprint density at radius 3 is 2.86 bits per heavy atom. The van der Waals surface area contributed by atoms with Crippen LogP contribution in [0, 0.1) is 5.92 Å². The fourth-order valence-electron chi connectivity index (χ4n) is 1.79. The van der Waals surface area contributed by atoms with Gasteiger partial charge in [-0.2, -0.15) is 0 Å². The van der Waals surface area contributed by atoms with E-state index in [1.165, 1.54) is 41.3 Å². The van der Waals surface area contributed by atoms with Gasteiger partial charge in [-0.3, -0.25) is 0 Å². The highest BCUT2D eigenvalue weighted by molar-refractivity contribution is 14.1. The van der Waals surface area contributed by atoms with Crippen molar-refractivity contribution < 1.29 is 0 Å². The van der Waals surface area contributed by atoms with Crippen LogP contribution >= 0.6 is 22.6 Å². The van der Waals surface area contributed by atoms with E-state index in [2.05, 4.69) is 54.3 Å². The topological polar surface area (TPSA) is 0 Å². The van der Waals surface area contributed by atoms with E-state index in [0.717, 1.165) is 5.92 Å². The fourth-order valence-corrected chi connectivity index (χ4v) is 2.06. The lowest BCUT2D eigenvalue weighted by Gasteiger charge is -2.20. The van der Waals surface area contributed by atoms with Crippen LogP contribution in [0.1, 0.15) is 39.0 Å². The first-order chi connectivity index (χ1) is 6.74. The van der Waals surface area contributed by atoms with Gasteiger partial charge < -0.3 is 0 Å². The second kappa shape index (κ2) is 6.44. The Balaban J connectivity index is 2.31. The van der Waals surface area contributed by atoms with Crippen LogP contribution in [0.5, 0.6) is 0 Å². The standard InChI is InChI=1S/C13H19I/c1-3-13(14)10-9-11(2)12-7-5-4-6-8-12/h3-5,12H,2,6-10H2,1H3/b13-3+. The number of hydrogen-bond donors (Lipinski definition) is 0. The van der Waals surface area contributed by atoms with Gasteiger partial charge in [-0.15, -0.1) is 0 Å². The van der Waals surface area contributed by atoms with Gasteiger partial charge in [-0.05, 0) is 71.1 Å². The molecule has 1 heteroatoms. The van der Waals surface area contributed by atoms with Crippen molar-refractivity contribution in [3.8, 4) is 0 Å². The van der Waals surface area contributed by atoms with Crippen molar-refractivity contribution in [1.82, 2.24) is 0 Å². The van der Waals surface area contributed by atoms with E-state index < -0.39 is 0 Å². The maximum Gasteiger partial charge on any atom is -0.0133 e. The van der Waals surface area contributed by atoms with Gasteiger partial charge >= 0.3 is 0 Å². The molecule has 0 saturated heterocycles. The molecule has 0 saturated carbocycles. The highest BCUT2D eigenvalue weighted by Crippen LogP contribution is 2.29. The summed E-state index contributed by atoms with van der Waals surface area (Å²) < 4.78 is 1.45. The summed E-state index contributed by atoms with van der Waals surface area (Å²) in [5, 5.41) is 0. The molecule has 14 heavy (non-hydrogen) atoms. The van der Waals surface area contributed by atoms with Gasteiger partial charge in [0.05, 0.1) is 0 Å². The Bertz CT molecular complexity index is 248. The number of allylic oxidation sites excluding steroid dienone is 5. The van der Waals surface area contributed by atoms with Gasteiger partial charge in [0.2, 0.25) is 0 Å². The predicted octanol–water partition coefficient (Wildman–Crippen LogP) is 5.02. The summed E-state index contributed by atoms with van der Waals surface area (Å²) in [6.07, 6.45) is 12.9. The smallest absolute Gasteiger partial charge is 0.0133 e. The number of hydrogen-bond acceptors (Lipinski definition) is 0. The predicted molar refractivity (Wildman–Crippen MR) is 72.6 cm³/mol. The molecule has 1 aliphatic carbocycles. The molecule has 0 bridgehead atoms. The molecule has 0 aromatic carbocycles. The Hall–Kier alpha value is -0.0500. The van der Waals surface area contributed by atoms with Crippen LogP contribution in [0.15, 0.2) is 34.0 Å². The first kappa shape index (κ1) is 12.0. The molecule has 0 aromatic heterocycles. The average molecular weight is 302 g/mol. The normalized spacial score (nSPS) is 22.4. The Labute approximate surface area is 101 Å². The second-order valence-corrected chi connectivity index (χ2v) is 5.26. The van der Waals surface area contributed by atoms with E-state index in [-0.39, 0.29) is 0 Å². The van der Waals surface area contributed by atoms with E-state index in [1.54, 1.807) is 0 Å². The van der Waals surface area contributed by atoms with Gasteiger partial charge in [0.1, 0.15) is 0 Å². The molecule has 0 fully saturated rings. The van der Waals surface area contributed by atoms with Crippen molar-refractivity contribution in [1.29, 1.82) is 0 Å². The molecule has 1 rings (SSSR count). The molecular weight excluding hydrogens is 283 g/mol. The quantitative estimate of drug-likeness (QED) is 0.505. The third-order valence-electron chi connectivity index (χ3n) is 2.84. The van der Waals surface area contributed by atoms with Crippen LogP contribution in [0.4, 0.5) is 0 Å². The molecule has 0 amide bonds. The minimum Gasteiger partial charge on any atom is -0.0996 e. The summed E-state index contributed by atoms with van der Waals surface area (Å²) in [6, 6.07) is 0. The molecule has 0 heterocycles. The summed E-state index contributed by atoms with van der Waals surface area (Å²) >= 11 is 2.42. The zero-order chi connectivity index (χ0) is 10.4. The van der Waals surface area contributed by atoms with Crippen molar-refractivity contribution in [2.45, 2.75) is 39.0 Å². The van der Waals surface area contributed by atoms with Crippen molar-refractivity contribution in [3.05, 3.63) is 34.0 Å². The fraction of sp³-hybridized carbons (Fsp3) is 0.538. The molecule has 0 aromatic rings. The Kier molecular flexibility index (Phi) is 5.53. The highest BCUT2D eigenvalue weighted by atomic mass is 127. The van der Waals surface area contributed by atoms with Crippen LogP contribution in [-0.4, -0.2) is 0 Å². The van der Waals surface area contributed by atoms with Crippen molar-refractivity contribution >= 4 is 22.6 Å². The zero-order valence-corrected chi connectivity index (χ0v) is 11.1. The lowest BCUT2D eigenvalue weighted by molar-refractivity contribution is 0.536. The zero-order valence-electron chi connectivity index (χ0n) is 8.93. The molecule has 0 nitrogen and oxygen atoms in total. The van der Waals surface area contributed by atoms with E-state index in [4.69, 9.17) is 0 Å². The molecule has 78 valence electrons. The maximum atomic E-state index is 4.22. The minimum atomic E-state index is 0.751. The van der Waals surface area contributed by atoms with Crippen LogP contribution in [0.25, 0.3) is 0 Å². The molecule has 0 radical (unpaired) electrons. The average Bonchev–Trinajstić information content (AvgIpc) is 2.26. The third kappa shape index (κ3) is 3.99. The highest BCUT2D eigenvalue weighted by Gasteiger charge is 2.12. The second-order valence-electron chi connectivity index (χ2n) is 3.88. The summed E-state index contributed by atoms with van der Waals surface area (Å²) in [4.78, 5) is 0. The maximum absolute atomic E-state index is 4.22. The molecule has 0 spiro atoms. The van der Waals surface area contributed by atoms with E-state index in [1.807, 2.05) is 0 Å². The number of rotatable bonds is 4. The lowest BCUT2D eigenvalue weighted by Crippen LogP contribution is -2.05. The van der Waals surface area contributed by atoms with E-state index in [0.29, 0.717) is 0 Å². The van der Waals surface area contributed by atoms with E-state index >= 15 is 0 Å². The minimum absolute atomic E-state index is 0.751. The first-order valence-corrected chi connectivity index (χ1v) is 6.45. The van der Waals surface area contributed by atoms with Gasteiger partial charge in [-0.25, -0.2) is 0 Å².